The maximum atomic E-state index is 6.14. The first-order valence-electron chi connectivity index (χ1n) is 7.54. The van der Waals surface area contributed by atoms with Crippen molar-refractivity contribution in [1.29, 1.82) is 0 Å². The highest BCUT2D eigenvalue weighted by Crippen LogP contribution is 2.43. The van der Waals surface area contributed by atoms with Crippen LogP contribution in [0.2, 0.25) is 0 Å². The molecule has 3 atom stereocenters. The summed E-state index contributed by atoms with van der Waals surface area (Å²) >= 11 is 2.04. The van der Waals surface area contributed by atoms with Crippen LogP contribution in [0.25, 0.3) is 0 Å². The molecule has 2 saturated heterocycles. The standard InChI is InChI=1S/C16H24N2OS/c1-12-3-4-14(10-18-12)15(17-2)13-5-7-19-16(9-13)6-8-20-11-16/h3-4,10,13,15,17H,5-9,11H2,1-2H3. The molecule has 1 aromatic heterocycles. The Morgan fingerprint density at radius 3 is 3.05 bits per heavy atom. The van der Waals surface area contributed by atoms with Crippen LogP contribution in [0.15, 0.2) is 18.3 Å². The summed E-state index contributed by atoms with van der Waals surface area (Å²) in [5.41, 5.74) is 2.55. The van der Waals surface area contributed by atoms with Crippen LogP contribution in [0.3, 0.4) is 0 Å². The molecule has 20 heavy (non-hydrogen) atoms. The molecule has 3 nitrogen and oxygen atoms in total. The third kappa shape index (κ3) is 2.87. The summed E-state index contributed by atoms with van der Waals surface area (Å²) in [6.07, 6.45) is 5.57. The molecular formula is C16H24N2OS. The number of ether oxygens (including phenoxy) is 1. The lowest BCUT2D eigenvalue weighted by Gasteiger charge is -2.41. The number of pyridine rings is 1. The van der Waals surface area contributed by atoms with Crippen molar-refractivity contribution in [2.45, 2.75) is 37.8 Å². The average Bonchev–Trinajstić information content (AvgIpc) is 2.90. The van der Waals surface area contributed by atoms with E-state index in [0.717, 1.165) is 18.7 Å². The van der Waals surface area contributed by atoms with E-state index in [1.54, 1.807) is 0 Å². The second-order valence-corrected chi connectivity index (χ2v) is 7.19. The van der Waals surface area contributed by atoms with Gasteiger partial charge in [0.15, 0.2) is 0 Å². The predicted octanol–water partition coefficient (Wildman–Crippen LogP) is 2.95. The van der Waals surface area contributed by atoms with E-state index in [1.807, 2.05) is 24.9 Å². The Kier molecular flexibility index (Phi) is 4.34. The quantitative estimate of drug-likeness (QED) is 0.929. The molecule has 0 aliphatic carbocycles. The number of aromatic nitrogens is 1. The Hall–Kier alpha value is -0.580. The number of thioether (sulfide) groups is 1. The van der Waals surface area contributed by atoms with Crippen LogP contribution in [0.1, 0.15) is 36.6 Å². The second kappa shape index (κ2) is 6.04. The lowest BCUT2D eigenvalue weighted by Crippen LogP contribution is -2.43. The summed E-state index contributed by atoms with van der Waals surface area (Å²) in [6.45, 7) is 2.94. The zero-order chi connectivity index (χ0) is 14.0. The van der Waals surface area contributed by atoms with Crippen molar-refractivity contribution in [1.82, 2.24) is 10.3 Å². The van der Waals surface area contributed by atoms with Crippen molar-refractivity contribution in [2.24, 2.45) is 5.92 Å². The highest BCUT2D eigenvalue weighted by molar-refractivity contribution is 7.99. The SMILES string of the molecule is CNC(c1ccc(C)nc1)C1CCOC2(CCSC2)C1. The van der Waals surface area contributed by atoms with Crippen molar-refractivity contribution >= 4 is 11.8 Å². The van der Waals surface area contributed by atoms with Crippen LogP contribution in [-0.2, 0) is 4.74 Å². The Morgan fingerprint density at radius 2 is 2.40 bits per heavy atom. The van der Waals surface area contributed by atoms with Gasteiger partial charge in [-0.3, -0.25) is 4.98 Å². The zero-order valence-corrected chi connectivity index (χ0v) is 13.2. The molecule has 0 radical (unpaired) electrons. The number of hydrogen-bond acceptors (Lipinski definition) is 4. The van der Waals surface area contributed by atoms with E-state index < -0.39 is 0 Å². The number of rotatable bonds is 3. The van der Waals surface area contributed by atoms with Gasteiger partial charge in [-0.25, -0.2) is 0 Å². The maximum Gasteiger partial charge on any atom is 0.0783 e. The van der Waals surface area contributed by atoms with Gasteiger partial charge >= 0.3 is 0 Å². The van der Waals surface area contributed by atoms with Crippen molar-refractivity contribution in [3.05, 3.63) is 29.6 Å². The normalized spacial score (nSPS) is 31.6. The van der Waals surface area contributed by atoms with E-state index in [2.05, 4.69) is 29.5 Å². The van der Waals surface area contributed by atoms with Crippen LogP contribution in [-0.4, -0.2) is 35.7 Å². The third-order valence-corrected chi connectivity index (χ3v) is 5.90. The summed E-state index contributed by atoms with van der Waals surface area (Å²) in [7, 11) is 2.07. The smallest absolute Gasteiger partial charge is 0.0783 e. The van der Waals surface area contributed by atoms with Crippen LogP contribution in [0.5, 0.6) is 0 Å². The summed E-state index contributed by atoms with van der Waals surface area (Å²) in [4.78, 5) is 4.46. The third-order valence-electron chi connectivity index (χ3n) is 4.67. The van der Waals surface area contributed by atoms with E-state index in [0.29, 0.717) is 12.0 Å². The van der Waals surface area contributed by atoms with Gasteiger partial charge in [0.25, 0.3) is 0 Å². The molecule has 1 aromatic rings. The molecule has 2 aliphatic heterocycles. The number of aryl methyl sites for hydroxylation is 1. The first kappa shape index (κ1) is 14.4. The van der Waals surface area contributed by atoms with Gasteiger partial charge in [-0.2, -0.15) is 11.8 Å². The summed E-state index contributed by atoms with van der Waals surface area (Å²) in [5.74, 6) is 3.08. The Labute approximate surface area is 125 Å². The lowest BCUT2D eigenvalue weighted by atomic mass is 9.79. The van der Waals surface area contributed by atoms with Gasteiger partial charge in [0, 0.05) is 30.3 Å². The minimum atomic E-state index is 0.154. The first-order valence-corrected chi connectivity index (χ1v) is 8.69. The van der Waals surface area contributed by atoms with Gasteiger partial charge < -0.3 is 10.1 Å². The number of nitrogens with one attached hydrogen (secondary N) is 1. The molecule has 1 N–H and O–H groups in total. The van der Waals surface area contributed by atoms with E-state index >= 15 is 0 Å². The molecule has 4 heteroatoms. The van der Waals surface area contributed by atoms with E-state index in [9.17, 15) is 0 Å². The van der Waals surface area contributed by atoms with Crippen LogP contribution < -0.4 is 5.32 Å². The Bertz CT molecular complexity index is 442. The Morgan fingerprint density at radius 1 is 1.50 bits per heavy atom. The summed E-state index contributed by atoms with van der Waals surface area (Å²) in [6, 6.07) is 4.73. The van der Waals surface area contributed by atoms with Crippen molar-refractivity contribution < 1.29 is 4.74 Å². The van der Waals surface area contributed by atoms with Gasteiger partial charge in [-0.1, -0.05) is 6.07 Å². The average molecular weight is 292 g/mol. The van der Waals surface area contributed by atoms with Crippen LogP contribution >= 0.6 is 11.8 Å². The van der Waals surface area contributed by atoms with E-state index in [1.165, 1.54) is 29.9 Å². The van der Waals surface area contributed by atoms with E-state index in [-0.39, 0.29) is 5.60 Å². The molecular weight excluding hydrogens is 268 g/mol. The molecule has 0 aromatic carbocycles. The first-order chi connectivity index (χ1) is 9.72. The van der Waals surface area contributed by atoms with Crippen LogP contribution in [0, 0.1) is 12.8 Å². The Balaban J connectivity index is 1.76. The largest absolute Gasteiger partial charge is 0.374 e. The van der Waals surface area contributed by atoms with Crippen LogP contribution in [0.4, 0.5) is 0 Å². The second-order valence-electron chi connectivity index (χ2n) is 6.09. The predicted molar refractivity (Wildman–Crippen MR) is 84.1 cm³/mol. The monoisotopic (exact) mass is 292 g/mol. The van der Waals surface area contributed by atoms with Crippen molar-refractivity contribution in [2.75, 3.05) is 25.2 Å². The summed E-state index contributed by atoms with van der Waals surface area (Å²) < 4.78 is 6.14. The molecule has 1 spiro atoms. The van der Waals surface area contributed by atoms with Crippen molar-refractivity contribution in [3.8, 4) is 0 Å². The fourth-order valence-electron chi connectivity index (χ4n) is 3.55. The minimum absolute atomic E-state index is 0.154. The fourth-order valence-corrected chi connectivity index (χ4v) is 4.93. The maximum absolute atomic E-state index is 6.14. The van der Waals surface area contributed by atoms with Crippen molar-refractivity contribution in [3.63, 3.8) is 0 Å². The molecule has 0 amide bonds. The topological polar surface area (TPSA) is 34.2 Å². The van der Waals surface area contributed by atoms with Gasteiger partial charge in [0.2, 0.25) is 0 Å². The highest BCUT2D eigenvalue weighted by atomic mass is 32.2. The molecule has 2 fully saturated rings. The molecule has 3 unspecified atom stereocenters. The summed E-state index contributed by atoms with van der Waals surface area (Å²) in [5, 5.41) is 3.51. The highest BCUT2D eigenvalue weighted by Gasteiger charge is 2.42. The molecule has 3 heterocycles. The van der Waals surface area contributed by atoms with Gasteiger partial charge in [-0.15, -0.1) is 0 Å². The van der Waals surface area contributed by atoms with E-state index in [4.69, 9.17) is 4.74 Å². The number of hydrogen-bond donors (Lipinski definition) is 1. The molecule has 2 aliphatic rings. The lowest BCUT2D eigenvalue weighted by molar-refractivity contribution is -0.0850. The number of nitrogens with zero attached hydrogens (tertiary/aromatic N) is 1. The zero-order valence-electron chi connectivity index (χ0n) is 12.4. The van der Waals surface area contributed by atoms with Gasteiger partial charge in [0.05, 0.1) is 5.60 Å². The molecule has 110 valence electrons. The minimum Gasteiger partial charge on any atom is -0.374 e. The molecule has 3 rings (SSSR count). The molecule has 0 bridgehead atoms. The fraction of sp³-hybridized carbons (Fsp3) is 0.688. The van der Waals surface area contributed by atoms with Gasteiger partial charge in [0.1, 0.15) is 0 Å². The molecule has 0 saturated carbocycles. The van der Waals surface area contributed by atoms with Gasteiger partial charge in [-0.05, 0) is 56.5 Å².